The molecule has 0 amide bonds. The van der Waals surface area contributed by atoms with Crippen LogP contribution in [0.5, 0.6) is 0 Å². The van der Waals surface area contributed by atoms with E-state index in [1.54, 1.807) is 0 Å². The van der Waals surface area contributed by atoms with Gasteiger partial charge in [-0.05, 0) is 59.7 Å². The minimum Gasteiger partial charge on any atom is -0.366 e. The van der Waals surface area contributed by atoms with Crippen LogP contribution in [0.2, 0.25) is 0 Å². The first-order chi connectivity index (χ1) is 14.1. The van der Waals surface area contributed by atoms with Crippen LogP contribution in [-0.4, -0.2) is 14.4 Å². The van der Waals surface area contributed by atoms with Crippen LogP contribution in [0.4, 0.5) is 0 Å². The fourth-order valence-electron chi connectivity index (χ4n) is 5.16. The van der Waals surface area contributed by atoms with Crippen molar-refractivity contribution < 1.29 is 4.74 Å². The predicted octanol–water partition coefficient (Wildman–Crippen LogP) is 6.54. The van der Waals surface area contributed by atoms with Crippen molar-refractivity contribution in [1.29, 1.82) is 0 Å². The Hall–Kier alpha value is -2.46. The van der Waals surface area contributed by atoms with Crippen molar-refractivity contribution in [2.45, 2.75) is 77.4 Å². The van der Waals surface area contributed by atoms with Gasteiger partial charge in [-0.2, -0.15) is 0 Å². The Bertz CT molecular complexity index is 1350. The molecule has 0 radical (unpaired) electrons. The number of benzene rings is 1. The van der Waals surface area contributed by atoms with Gasteiger partial charge in [-0.3, -0.25) is 4.40 Å². The summed E-state index contributed by atoms with van der Waals surface area (Å²) in [6, 6.07) is 11.3. The average molecular weight is 400 g/mol. The highest BCUT2D eigenvalue weighted by molar-refractivity contribution is 5.99. The number of pyridine rings is 2. The first kappa shape index (κ1) is 18.3. The fraction of sp³-hybridized carbons (Fsp3) is 0.462. The monoisotopic (exact) mass is 399 g/mol. The highest BCUT2D eigenvalue weighted by atomic mass is 16.5. The van der Waals surface area contributed by atoms with Crippen LogP contribution >= 0.6 is 0 Å². The van der Waals surface area contributed by atoms with Crippen LogP contribution in [0.3, 0.4) is 0 Å². The molecule has 0 N–H and O–H groups in total. The van der Waals surface area contributed by atoms with E-state index >= 15 is 0 Å². The summed E-state index contributed by atoms with van der Waals surface area (Å²) in [5, 5.41) is 2.46. The smallest absolute Gasteiger partial charge is 0.164 e. The molecule has 1 fully saturated rings. The highest BCUT2D eigenvalue weighted by Gasteiger charge is 2.38. The third-order valence-electron chi connectivity index (χ3n) is 6.78. The van der Waals surface area contributed by atoms with Crippen LogP contribution in [0.1, 0.15) is 89.1 Å². The molecule has 2 bridgehead atoms. The van der Waals surface area contributed by atoms with Crippen LogP contribution in [0, 0.1) is 0 Å². The minimum absolute atomic E-state index is 0.00547. The Labute approximate surface area is 177 Å². The van der Waals surface area contributed by atoms with E-state index in [-0.39, 0.29) is 23.0 Å². The summed E-state index contributed by atoms with van der Waals surface area (Å²) < 4.78 is 8.50. The molecule has 30 heavy (non-hydrogen) atoms. The van der Waals surface area contributed by atoms with Crippen LogP contribution in [0.15, 0.2) is 30.3 Å². The number of hydrogen-bond donors (Lipinski definition) is 0. The van der Waals surface area contributed by atoms with Gasteiger partial charge in [-0.25, -0.2) is 9.97 Å². The molecule has 4 aromatic rings. The number of ether oxygens (including phenoxy) is 1. The van der Waals surface area contributed by atoms with Gasteiger partial charge >= 0.3 is 0 Å². The molecule has 5 heterocycles. The molecule has 4 heteroatoms. The van der Waals surface area contributed by atoms with E-state index in [0.29, 0.717) is 0 Å². The Morgan fingerprint density at radius 1 is 0.833 bits per heavy atom. The number of rotatable bonds is 0. The van der Waals surface area contributed by atoms with Gasteiger partial charge in [-0.1, -0.05) is 41.5 Å². The van der Waals surface area contributed by atoms with E-state index in [1.165, 1.54) is 27.6 Å². The highest BCUT2D eigenvalue weighted by Crippen LogP contribution is 2.52. The molecule has 4 nitrogen and oxygen atoms in total. The van der Waals surface area contributed by atoms with Gasteiger partial charge in [0.15, 0.2) is 5.65 Å². The Balaban J connectivity index is 1.76. The quantitative estimate of drug-likeness (QED) is 0.337. The molecule has 2 aliphatic rings. The molecule has 3 aromatic heterocycles. The Morgan fingerprint density at radius 3 is 2.20 bits per heavy atom. The zero-order valence-corrected chi connectivity index (χ0v) is 18.7. The van der Waals surface area contributed by atoms with Crippen molar-refractivity contribution in [3.05, 3.63) is 52.8 Å². The molecule has 0 saturated carbocycles. The summed E-state index contributed by atoms with van der Waals surface area (Å²) in [6.45, 7) is 13.4. The third-order valence-corrected chi connectivity index (χ3v) is 6.78. The maximum Gasteiger partial charge on any atom is 0.164 e. The predicted molar refractivity (Wildman–Crippen MR) is 121 cm³/mol. The van der Waals surface area contributed by atoms with Crippen LogP contribution in [0.25, 0.3) is 27.6 Å². The lowest BCUT2D eigenvalue weighted by molar-refractivity contribution is 0.0717. The van der Waals surface area contributed by atoms with Gasteiger partial charge in [0, 0.05) is 27.6 Å². The topological polar surface area (TPSA) is 39.4 Å². The fourth-order valence-corrected chi connectivity index (χ4v) is 5.16. The average Bonchev–Trinajstić information content (AvgIpc) is 3.37. The lowest BCUT2D eigenvalue weighted by Crippen LogP contribution is -2.18. The molecular formula is C26H29N3O. The molecule has 2 unspecified atom stereocenters. The molecule has 1 saturated heterocycles. The maximum absolute atomic E-state index is 6.20. The normalized spacial score (nSPS) is 21.3. The van der Waals surface area contributed by atoms with E-state index in [2.05, 4.69) is 76.3 Å². The summed E-state index contributed by atoms with van der Waals surface area (Å²) in [4.78, 5) is 10.2. The van der Waals surface area contributed by atoms with Crippen LogP contribution in [-0.2, 0) is 15.6 Å². The van der Waals surface area contributed by atoms with Crippen molar-refractivity contribution in [3.63, 3.8) is 0 Å². The second-order valence-electron chi connectivity index (χ2n) is 11.1. The zero-order chi connectivity index (χ0) is 21.0. The summed E-state index contributed by atoms with van der Waals surface area (Å²) in [7, 11) is 0. The first-order valence-corrected chi connectivity index (χ1v) is 11.1. The van der Waals surface area contributed by atoms with E-state index in [4.69, 9.17) is 14.7 Å². The van der Waals surface area contributed by atoms with Gasteiger partial charge in [0.05, 0.1) is 12.2 Å². The lowest BCUT2D eigenvalue weighted by Gasteiger charge is -2.23. The first-order valence-electron chi connectivity index (χ1n) is 11.1. The van der Waals surface area contributed by atoms with Gasteiger partial charge in [0.25, 0.3) is 0 Å². The minimum atomic E-state index is -0.0337. The van der Waals surface area contributed by atoms with E-state index in [9.17, 15) is 0 Å². The van der Waals surface area contributed by atoms with Gasteiger partial charge in [0.2, 0.25) is 0 Å². The molecule has 0 aliphatic carbocycles. The van der Waals surface area contributed by atoms with E-state index < -0.39 is 0 Å². The summed E-state index contributed by atoms with van der Waals surface area (Å²) in [6.07, 6.45) is 2.81. The number of hydrogen-bond acceptors (Lipinski definition) is 3. The van der Waals surface area contributed by atoms with Gasteiger partial charge in [0.1, 0.15) is 11.2 Å². The zero-order valence-electron chi connectivity index (χ0n) is 18.7. The standard InChI is InChI=1S/C26H29N3O/c1-25(2,3)21-10-7-18-24(28-21)29-22(26(4,5)6)12-14-11-16-17(13-15(14)23(29)27-18)20-9-8-19(16)30-20/h7,10-13,19-20H,8-9H2,1-6H3. The largest absolute Gasteiger partial charge is 0.366 e. The Morgan fingerprint density at radius 2 is 1.53 bits per heavy atom. The molecular weight excluding hydrogens is 370 g/mol. The number of nitrogens with zero attached hydrogens (tertiary/aromatic N) is 3. The molecule has 154 valence electrons. The lowest BCUT2D eigenvalue weighted by atomic mass is 9.87. The van der Waals surface area contributed by atoms with Gasteiger partial charge < -0.3 is 4.74 Å². The third kappa shape index (κ3) is 2.43. The van der Waals surface area contributed by atoms with Crippen molar-refractivity contribution in [2.75, 3.05) is 0 Å². The van der Waals surface area contributed by atoms with Crippen LogP contribution < -0.4 is 0 Å². The second-order valence-corrected chi connectivity index (χ2v) is 11.1. The number of imidazole rings is 1. The number of fused-ring (bicyclic) bond motifs is 10. The second kappa shape index (κ2) is 5.61. The summed E-state index contributed by atoms with van der Waals surface area (Å²) >= 11 is 0. The molecule has 0 spiro atoms. The van der Waals surface area contributed by atoms with Crippen molar-refractivity contribution in [2.24, 2.45) is 0 Å². The summed E-state index contributed by atoms with van der Waals surface area (Å²) in [5.41, 5.74) is 7.97. The number of aromatic nitrogens is 3. The molecule has 6 rings (SSSR count). The summed E-state index contributed by atoms with van der Waals surface area (Å²) in [5.74, 6) is 0. The molecule has 1 aromatic carbocycles. The maximum atomic E-state index is 6.20. The van der Waals surface area contributed by atoms with E-state index in [1.807, 2.05) is 0 Å². The molecule has 2 aliphatic heterocycles. The SMILES string of the molecule is CC(C)(C)c1ccc2nc3c4cc5c(cc4cc(C(C)(C)C)n3c2n1)C1CCC5O1. The van der Waals surface area contributed by atoms with Gasteiger partial charge in [-0.15, -0.1) is 0 Å². The van der Waals surface area contributed by atoms with Crippen molar-refractivity contribution in [1.82, 2.24) is 14.4 Å². The molecule has 2 atom stereocenters. The van der Waals surface area contributed by atoms with E-state index in [0.717, 1.165) is 35.3 Å². The van der Waals surface area contributed by atoms with Crippen molar-refractivity contribution >= 4 is 27.6 Å². The van der Waals surface area contributed by atoms with Crippen molar-refractivity contribution in [3.8, 4) is 0 Å². The Kier molecular flexibility index (Phi) is 3.43.